The Morgan fingerprint density at radius 1 is 1.50 bits per heavy atom. The first-order chi connectivity index (χ1) is 10.6. The van der Waals surface area contributed by atoms with Crippen LogP contribution >= 0.6 is 0 Å². The van der Waals surface area contributed by atoms with Crippen molar-refractivity contribution in [1.82, 2.24) is 25.2 Å². The lowest BCUT2D eigenvalue weighted by atomic mass is 10.2. The molecule has 3 rings (SSSR count). The SMILES string of the molecule is CC1CN(C(=O)c2cn(Cc3cccc(F)c3)nn2)CCN1. The number of halogens is 1. The van der Waals surface area contributed by atoms with Crippen molar-refractivity contribution in [3.63, 3.8) is 0 Å². The molecule has 1 aliphatic heterocycles. The number of piperazine rings is 1. The summed E-state index contributed by atoms with van der Waals surface area (Å²) in [6, 6.07) is 6.58. The number of benzene rings is 1. The zero-order valence-electron chi connectivity index (χ0n) is 12.4. The molecule has 2 heterocycles. The topological polar surface area (TPSA) is 63.1 Å². The van der Waals surface area contributed by atoms with Crippen molar-refractivity contribution in [2.45, 2.75) is 19.5 Å². The quantitative estimate of drug-likeness (QED) is 0.915. The molecule has 0 saturated carbocycles. The Labute approximate surface area is 127 Å². The highest BCUT2D eigenvalue weighted by atomic mass is 19.1. The molecule has 0 radical (unpaired) electrons. The van der Waals surface area contributed by atoms with Crippen LogP contribution in [0.5, 0.6) is 0 Å². The number of rotatable bonds is 3. The molecule has 1 fully saturated rings. The number of carbonyl (C=O) groups excluding carboxylic acids is 1. The molecule has 1 aromatic heterocycles. The predicted octanol–water partition coefficient (Wildman–Crippen LogP) is 0.899. The lowest BCUT2D eigenvalue weighted by Gasteiger charge is -2.31. The summed E-state index contributed by atoms with van der Waals surface area (Å²) in [5.74, 6) is -0.400. The lowest BCUT2D eigenvalue weighted by molar-refractivity contribution is 0.0703. The van der Waals surface area contributed by atoms with E-state index in [1.165, 1.54) is 12.1 Å². The van der Waals surface area contributed by atoms with Gasteiger partial charge in [0.25, 0.3) is 5.91 Å². The van der Waals surface area contributed by atoms with Crippen LogP contribution in [0.2, 0.25) is 0 Å². The molecule has 6 nitrogen and oxygen atoms in total. The second kappa shape index (κ2) is 6.23. The lowest BCUT2D eigenvalue weighted by Crippen LogP contribution is -2.51. The van der Waals surface area contributed by atoms with E-state index >= 15 is 0 Å². The number of nitrogens with one attached hydrogen (secondary N) is 1. The van der Waals surface area contributed by atoms with Crippen molar-refractivity contribution in [3.8, 4) is 0 Å². The Balaban J connectivity index is 1.69. The Bertz CT molecular complexity index is 671. The highest BCUT2D eigenvalue weighted by molar-refractivity contribution is 5.92. The van der Waals surface area contributed by atoms with Gasteiger partial charge in [-0.25, -0.2) is 9.07 Å². The minimum atomic E-state index is -0.288. The molecule has 1 N–H and O–H groups in total. The number of carbonyl (C=O) groups is 1. The van der Waals surface area contributed by atoms with Crippen molar-refractivity contribution in [2.24, 2.45) is 0 Å². The molecule has 1 amide bonds. The summed E-state index contributed by atoms with van der Waals surface area (Å²) in [6.07, 6.45) is 1.61. The van der Waals surface area contributed by atoms with Gasteiger partial charge in [-0.15, -0.1) is 5.10 Å². The van der Waals surface area contributed by atoms with Crippen LogP contribution in [0.15, 0.2) is 30.5 Å². The smallest absolute Gasteiger partial charge is 0.276 e. The molecule has 1 aliphatic rings. The maximum Gasteiger partial charge on any atom is 0.276 e. The van der Waals surface area contributed by atoms with Crippen molar-refractivity contribution in [1.29, 1.82) is 0 Å². The molecule has 22 heavy (non-hydrogen) atoms. The van der Waals surface area contributed by atoms with Gasteiger partial charge in [0, 0.05) is 25.7 Å². The van der Waals surface area contributed by atoms with Gasteiger partial charge in [-0.1, -0.05) is 17.3 Å². The maximum absolute atomic E-state index is 13.2. The molecular formula is C15H18FN5O. The van der Waals surface area contributed by atoms with Gasteiger partial charge in [-0.3, -0.25) is 4.79 Å². The highest BCUT2D eigenvalue weighted by Gasteiger charge is 2.23. The van der Waals surface area contributed by atoms with Gasteiger partial charge in [0.15, 0.2) is 5.69 Å². The molecule has 1 unspecified atom stereocenters. The maximum atomic E-state index is 13.2. The van der Waals surface area contributed by atoms with Gasteiger partial charge in [0.05, 0.1) is 12.7 Å². The fraction of sp³-hybridized carbons (Fsp3) is 0.400. The Morgan fingerprint density at radius 2 is 2.36 bits per heavy atom. The van der Waals surface area contributed by atoms with E-state index in [1.54, 1.807) is 21.8 Å². The number of aromatic nitrogens is 3. The predicted molar refractivity (Wildman–Crippen MR) is 78.9 cm³/mol. The normalized spacial score (nSPS) is 18.5. The molecule has 0 bridgehead atoms. The van der Waals surface area contributed by atoms with Crippen molar-refractivity contribution < 1.29 is 9.18 Å². The van der Waals surface area contributed by atoms with Crippen molar-refractivity contribution in [2.75, 3.05) is 19.6 Å². The molecule has 1 aromatic carbocycles. The number of amides is 1. The van der Waals surface area contributed by atoms with E-state index in [9.17, 15) is 9.18 Å². The summed E-state index contributed by atoms with van der Waals surface area (Å²) in [6.45, 7) is 4.54. The third-order valence-corrected chi connectivity index (χ3v) is 3.65. The van der Waals surface area contributed by atoms with Crippen LogP contribution < -0.4 is 5.32 Å². The summed E-state index contributed by atoms with van der Waals surface area (Å²) in [7, 11) is 0. The van der Waals surface area contributed by atoms with E-state index in [4.69, 9.17) is 0 Å². The van der Waals surface area contributed by atoms with Crippen LogP contribution in [0, 0.1) is 5.82 Å². The van der Waals surface area contributed by atoms with Crippen molar-refractivity contribution in [3.05, 3.63) is 47.5 Å². The molecule has 1 atom stereocenters. The molecule has 116 valence electrons. The summed E-state index contributed by atoms with van der Waals surface area (Å²) in [5.41, 5.74) is 1.10. The third kappa shape index (κ3) is 3.30. The fourth-order valence-electron chi connectivity index (χ4n) is 2.57. The van der Waals surface area contributed by atoms with Gasteiger partial charge in [-0.2, -0.15) is 0 Å². The van der Waals surface area contributed by atoms with E-state index < -0.39 is 0 Å². The fourth-order valence-corrected chi connectivity index (χ4v) is 2.57. The monoisotopic (exact) mass is 303 g/mol. The second-order valence-corrected chi connectivity index (χ2v) is 5.54. The van der Waals surface area contributed by atoms with Gasteiger partial charge in [0.2, 0.25) is 0 Å². The van der Waals surface area contributed by atoms with Crippen LogP contribution in [-0.4, -0.2) is 51.5 Å². The first kappa shape index (κ1) is 14.6. The molecule has 2 aromatic rings. The minimum absolute atomic E-state index is 0.112. The zero-order valence-corrected chi connectivity index (χ0v) is 12.4. The Morgan fingerprint density at radius 3 is 3.14 bits per heavy atom. The van der Waals surface area contributed by atoms with Gasteiger partial charge < -0.3 is 10.2 Å². The van der Waals surface area contributed by atoms with Crippen LogP contribution in [0.4, 0.5) is 4.39 Å². The Kier molecular flexibility index (Phi) is 4.15. The van der Waals surface area contributed by atoms with Gasteiger partial charge in [0.1, 0.15) is 5.82 Å². The molecule has 1 saturated heterocycles. The van der Waals surface area contributed by atoms with Crippen LogP contribution in [0.1, 0.15) is 23.0 Å². The first-order valence-electron chi connectivity index (χ1n) is 7.29. The summed E-state index contributed by atoms with van der Waals surface area (Å²) < 4.78 is 14.7. The number of hydrogen-bond acceptors (Lipinski definition) is 4. The van der Waals surface area contributed by atoms with E-state index in [0.717, 1.165) is 12.1 Å². The molecule has 7 heteroatoms. The van der Waals surface area contributed by atoms with E-state index in [0.29, 0.717) is 25.3 Å². The Hall–Kier alpha value is -2.28. The van der Waals surface area contributed by atoms with Gasteiger partial charge in [-0.05, 0) is 24.6 Å². The highest BCUT2D eigenvalue weighted by Crippen LogP contribution is 2.08. The van der Waals surface area contributed by atoms with Crippen LogP contribution in [0.25, 0.3) is 0 Å². The number of nitrogens with zero attached hydrogens (tertiary/aromatic N) is 4. The molecular weight excluding hydrogens is 285 g/mol. The van der Waals surface area contributed by atoms with E-state index in [1.807, 2.05) is 13.0 Å². The van der Waals surface area contributed by atoms with Crippen LogP contribution in [0.3, 0.4) is 0 Å². The standard InChI is InChI=1S/C15H18FN5O/c1-11-8-20(6-5-17-11)15(22)14-10-21(19-18-14)9-12-3-2-4-13(16)7-12/h2-4,7,10-11,17H,5-6,8-9H2,1H3. The largest absolute Gasteiger partial charge is 0.334 e. The average Bonchev–Trinajstić information content (AvgIpc) is 2.95. The van der Waals surface area contributed by atoms with Crippen LogP contribution in [-0.2, 0) is 6.54 Å². The average molecular weight is 303 g/mol. The van der Waals surface area contributed by atoms with Crippen molar-refractivity contribution >= 4 is 5.91 Å². The first-order valence-corrected chi connectivity index (χ1v) is 7.29. The minimum Gasteiger partial charge on any atom is -0.334 e. The molecule has 0 aliphatic carbocycles. The van der Waals surface area contributed by atoms with Gasteiger partial charge >= 0.3 is 0 Å². The number of hydrogen-bond donors (Lipinski definition) is 1. The summed E-state index contributed by atoms with van der Waals surface area (Å²) >= 11 is 0. The second-order valence-electron chi connectivity index (χ2n) is 5.54. The third-order valence-electron chi connectivity index (χ3n) is 3.65. The van der Waals surface area contributed by atoms with E-state index in [2.05, 4.69) is 15.6 Å². The molecule has 0 spiro atoms. The zero-order chi connectivity index (χ0) is 15.5. The summed E-state index contributed by atoms with van der Waals surface area (Å²) in [5, 5.41) is 11.2. The summed E-state index contributed by atoms with van der Waals surface area (Å²) in [4.78, 5) is 14.2. The van der Waals surface area contributed by atoms with E-state index in [-0.39, 0.29) is 17.8 Å².